The van der Waals surface area contributed by atoms with Crippen LogP contribution < -0.4 is 4.90 Å². The SMILES string of the molecule is N#Cc1cnccc1-c1cccc(N2c3ccccc3C3c4sc5ccccc5c4CCC32)c1. The molecule has 34 heavy (non-hydrogen) atoms. The molecule has 2 aromatic heterocycles. The van der Waals surface area contributed by atoms with Crippen LogP contribution >= 0.6 is 11.3 Å². The number of aryl methyl sites for hydroxylation is 1. The van der Waals surface area contributed by atoms with Crippen molar-refractivity contribution in [2.45, 2.75) is 24.8 Å². The second-order valence-electron chi connectivity index (χ2n) is 9.04. The number of benzene rings is 3. The largest absolute Gasteiger partial charge is 0.337 e. The molecule has 1 aliphatic heterocycles. The number of rotatable bonds is 2. The van der Waals surface area contributed by atoms with Gasteiger partial charge in [0.05, 0.1) is 5.56 Å². The lowest BCUT2D eigenvalue weighted by Gasteiger charge is -2.34. The Hall–Kier alpha value is -3.94. The minimum atomic E-state index is 0.386. The lowest BCUT2D eigenvalue weighted by atomic mass is 9.82. The summed E-state index contributed by atoms with van der Waals surface area (Å²) in [4.78, 5) is 8.21. The summed E-state index contributed by atoms with van der Waals surface area (Å²) in [6.45, 7) is 0. The highest BCUT2D eigenvalue weighted by atomic mass is 32.1. The lowest BCUT2D eigenvalue weighted by Crippen LogP contribution is -2.33. The zero-order valence-corrected chi connectivity index (χ0v) is 19.3. The molecule has 0 N–H and O–H groups in total. The molecule has 0 amide bonds. The number of hydrogen-bond acceptors (Lipinski definition) is 4. The molecular weight excluding hydrogens is 434 g/mol. The van der Waals surface area contributed by atoms with Crippen LogP contribution in [0.3, 0.4) is 0 Å². The molecule has 7 rings (SSSR count). The first-order valence-corrected chi connectivity index (χ1v) is 12.5. The van der Waals surface area contributed by atoms with E-state index in [1.165, 1.54) is 31.9 Å². The Balaban J connectivity index is 1.39. The first-order chi connectivity index (χ1) is 16.8. The van der Waals surface area contributed by atoms with Crippen LogP contribution in [0.1, 0.15) is 33.9 Å². The van der Waals surface area contributed by atoms with Crippen molar-refractivity contribution in [1.29, 1.82) is 5.26 Å². The second kappa shape index (κ2) is 7.55. The average molecular weight is 456 g/mol. The third-order valence-corrected chi connectivity index (χ3v) is 8.62. The Morgan fingerprint density at radius 2 is 1.85 bits per heavy atom. The van der Waals surface area contributed by atoms with Crippen molar-refractivity contribution in [2.75, 3.05) is 4.90 Å². The van der Waals surface area contributed by atoms with E-state index in [1.54, 1.807) is 18.0 Å². The van der Waals surface area contributed by atoms with Crippen LogP contribution in [0.5, 0.6) is 0 Å². The Labute approximate surface area is 202 Å². The standard InChI is InChI=1S/C30H21N3S/c31-17-20-18-32-15-14-22(20)19-6-5-7-21(16-19)33-26-10-3-1-9-25(26)29-27(33)13-12-24-23-8-2-4-11-28(23)34-30(24)29/h1-11,14-16,18,27,29H,12-13H2. The number of anilines is 2. The van der Waals surface area contributed by atoms with E-state index in [9.17, 15) is 5.26 Å². The van der Waals surface area contributed by atoms with Crippen molar-refractivity contribution in [2.24, 2.45) is 0 Å². The van der Waals surface area contributed by atoms with Crippen LogP contribution in [0.2, 0.25) is 0 Å². The Morgan fingerprint density at radius 1 is 0.971 bits per heavy atom. The van der Waals surface area contributed by atoms with Gasteiger partial charge in [-0.3, -0.25) is 4.98 Å². The molecule has 0 saturated carbocycles. The zero-order valence-electron chi connectivity index (χ0n) is 18.5. The van der Waals surface area contributed by atoms with Gasteiger partial charge in [0, 0.05) is 50.9 Å². The molecule has 5 aromatic rings. The van der Waals surface area contributed by atoms with Crippen molar-refractivity contribution in [1.82, 2.24) is 4.98 Å². The fourth-order valence-electron chi connectivity index (χ4n) is 5.92. The van der Waals surface area contributed by atoms with E-state index in [-0.39, 0.29) is 0 Å². The molecule has 0 spiro atoms. The second-order valence-corrected chi connectivity index (χ2v) is 10.1. The van der Waals surface area contributed by atoms with Crippen LogP contribution in [0.25, 0.3) is 21.2 Å². The van der Waals surface area contributed by atoms with Gasteiger partial charge in [0.2, 0.25) is 0 Å². The molecule has 0 bridgehead atoms. The summed E-state index contributed by atoms with van der Waals surface area (Å²) in [6, 6.07) is 31.0. The summed E-state index contributed by atoms with van der Waals surface area (Å²) >= 11 is 1.97. The van der Waals surface area contributed by atoms with Gasteiger partial charge < -0.3 is 4.90 Å². The van der Waals surface area contributed by atoms with Gasteiger partial charge in [0.1, 0.15) is 6.07 Å². The minimum Gasteiger partial charge on any atom is -0.337 e. The van der Waals surface area contributed by atoms with Gasteiger partial charge in [0.15, 0.2) is 0 Å². The molecule has 162 valence electrons. The topological polar surface area (TPSA) is 39.9 Å². The van der Waals surface area contributed by atoms with Gasteiger partial charge in [-0.15, -0.1) is 11.3 Å². The molecule has 1 aliphatic carbocycles. The molecular formula is C30H21N3S. The van der Waals surface area contributed by atoms with E-state index < -0.39 is 0 Å². The quantitative estimate of drug-likeness (QED) is 0.278. The Morgan fingerprint density at radius 3 is 2.79 bits per heavy atom. The molecule has 0 saturated heterocycles. The first kappa shape index (κ1) is 19.5. The lowest BCUT2D eigenvalue weighted by molar-refractivity contribution is 0.548. The molecule has 4 heteroatoms. The number of fused-ring (bicyclic) bond motifs is 7. The van der Waals surface area contributed by atoms with Gasteiger partial charge in [-0.25, -0.2) is 0 Å². The highest BCUT2D eigenvalue weighted by molar-refractivity contribution is 7.19. The predicted octanol–water partition coefficient (Wildman–Crippen LogP) is 7.43. The summed E-state index contributed by atoms with van der Waals surface area (Å²) in [5.41, 5.74) is 8.04. The van der Waals surface area contributed by atoms with Crippen molar-refractivity contribution in [3.8, 4) is 17.2 Å². The molecule has 2 aliphatic rings. The van der Waals surface area contributed by atoms with Crippen molar-refractivity contribution < 1.29 is 0 Å². The molecule has 3 nitrogen and oxygen atoms in total. The van der Waals surface area contributed by atoms with E-state index in [2.05, 4.69) is 88.7 Å². The normalized spacial score (nSPS) is 18.3. The smallest absolute Gasteiger partial charge is 0.101 e. The molecule has 3 heterocycles. The summed E-state index contributed by atoms with van der Waals surface area (Å²) < 4.78 is 1.40. The highest BCUT2D eigenvalue weighted by Crippen LogP contribution is 2.55. The Bertz CT molecular complexity index is 1610. The number of aromatic nitrogens is 1. The Kier molecular flexibility index (Phi) is 4.33. The zero-order chi connectivity index (χ0) is 22.6. The van der Waals surface area contributed by atoms with Crippen LogP contribution in [0, 0.1) is 11.3 Å². The molecule has 3 aromatic carbocycles. The summed E-state index contributed by atoms with van der Waals surface area (Å²) in [6.07, 6.45) is 5.63. The number of para-hydroxylation sites is 1. The molecule has 2 atom stereocenters. The predicted molar refractivity (Wildman–Crippen MR) is 139 cm³/mol. The van der Waals surface area contributed by atoms with E-state index in [4.69, 9.17) is 0 Å². The molecule has 0 radical (unpaired) electrons. The van der Waals surface area contributed by atoms with Crippen molar-refractivity contribution in [3.05, 3.63) is 113 Å². The van der Waals surface area contributed by atoms with Gasteiger partial charge in [0.25, 0.3) is 0 Å². The highest BCUT2D eigenvalue weighted by Gasteiger charge is 2.44. The van der Waals surface area contributed by atoms with Crippen LogP contribution in [0.4, 0.5) is 11.4 Å². The third-order valence-electron chi connectivity index (χ3n) is 7.33. The maximum atomic E-state index is 9.60. The molecule has 2 unspecified atom stereocenters. The number of hydrogen-bond donors (Lipinski definition) is 0. The van der Waals surface area contributed by atoms with E-state index in [1.807, 2.05) is 17.4 Å². The number of nitriles is 1. The van der Waals surface area contributed by atoms with Crippen molar-refractivity contribution >= 4 is 32.8 Å². The maximum Gasteiger partial charge on any atom is 0.101 e. The number of thiophene rings is 1. The van der Waals surface area contributed by atoms with Crippen LogP contribution in [-0.4, -0.2) is 11.0 Å². The number of pyridine rings is 1. The summed E-state index contributed by atoms with van der Waals surface area (Å²) in [5.74, 6) is 0.386. The fraction of sp³-hybridized carbons (Fsp3) is 0.133. The minimum absolute atomic E-state index is 0.386. The average Bonchev–Trinajstić information content (AvgIpc) is 3.44. The van der Waals surface area contributed by atoms with E-state index in [0.29, 0.717) is 17.5 Å². The van der Waals surface area contributed by atoms with Gasteiger partial charge in [-0.05, 0) is 65.3 Å². The maximum absolute atomic E-state index is 9.60. The van der Waals surface area contributed by atoms with Gasteiger partial charge in [-0.2, -0.15) is 5.26 Å². The summed E-state index contributed by atoms with van der Waals surface area (Å²) in [7, 11) is 0. The van der Waals surface area contributed by atoms with E-state index in [0.717, 1.165) is 24.0 Å². The van der Waals surface area contributed by atoms with Crippen LogP contribution in [0.15, 0.2) is 91.3 Å². The fourth-order valence-corrected chi connectivity index (χ4v) is 7.36. The first-order valence-electron chi connectivity index (χ1n) is 11.7. The monoisotopic (exact) mass is 455 g/mol. The van der Waals surface area contributed by atoms with Gasteiger partial charge >= 0.3 is 0 Å². The van der Waals surface area contributed by atoms with Crippen LogP contribution in [-0.2, 0) is 6.42 Å². The number of nitrogens with zero attached hydrogens (tertiary/aromatic N) is 3. The van der Waals surface area contributed by atoms with E-state index >= 15 is 0 Å². The summed E-state index contributed by atoms with van der Waals surface area (Å²) in [5, 5.41) is 11.0. The third kappa shape index (κ3) is 2.77. The van der Waals surface area contributed by atoms with Gasteiger partial charge in [-0.1, -0.05) is 48.5 Å². The van der Waals surface area contributed by atoms with Crippen molar-refractivity contribution in [3.63, 3.8) is 0 Å². The molecule has 0 fully saturated rings.